The van der Waals surface area contributed by atoms with Crippen LogP contribution in [0.4, 0.5) is 0 Å². The van der Waals surface area contributed by atoms with Crippen molar-refractivity contribution in [2.24, 2.45) is 0 Å². The van der Waals surface area contributed by atoms with Crippen LogP contribution in [0.2, 0.25) is 0 Å². The molecule has 0 aliphatic rings. The Morgan fingerprint density at radius 1 is 1.05 bits per heavy atom. The summed E-state index contributed by atoms with van der Waals surface area (Å²) in [5.41, 5.74) is 0. The van der Waals surface area contributed by atoms with E-state index in [9.17, 15) is 4.57 Å². The van der Waals surface area contributed by atoms with Crippen molar-refractivity contribution in [2.45, 2.75) is 46.0 Å². The summed E-state index contributed by atoms with van der Waals surface area (Å²) < 4.78 is 24.1. The van der Waals surface area contributed by atoms with Gasteiger partial charge in [0.25, 0.3) is 0 Å². The zero-order valence-electron chi connectivity index (χ0n) is 12.4. The van der Waals surface area contributed by atoms with Gasteiger partial charge in [-0.1, -0.05) is 0 Å². The molecule has 0 amide bonds. The van der Waals surface area contributed by atoms with E-state index in [0.717, 1.165) is 0 Å². The van der Waals surface area contributed by atoms with Crippen LogP contribution in [0.15, 0.2) is 0 Å². The Bertz CT molecular complexity index is 255. The largest absolute Gasteiger partial charge is 0.469 e. The minimum absolute atomic E-state index is 0.0170. The Hall–Kier alpha value is -0.0500. The van der Waals surface area contributed by atoms with Crippen molar-refractivity contribution in [1.29, 1.82) is 0 Å². The maximum Gasteiger partial charge on any atom is 0.469 e. The van der Waals surface area contributed by atoms with Crippen molar-refractivity contribution in [3.63, 3.8) is 0 Å². The average molecular weight is 318 g/mol. The van der Waals surface area contributed by atoms with Gasteiger partial charge in [0.15, 0.2) is 0 Å². The van der Waals surface area contributed by atoms with Gasteiger partial charge in [0.2, 0.25) is 0 Å². The van der Waals surface area contributed by atoms with E-state index < -0.39 is 13.9 Å². The predicted octanol–water partition coefficient (Wildman–Crippen LogP) is 0.285. The molecule has 0 aromatic rings. The number of aliphatic hydroxyl groups is 2. The molecule has 8 nitrogen and oxygen atoms in total. The van der Waals surface area contributed by atoms with Crippen LogP contribution in [0.25, 0.3) is 0 Å². The summed E-state index contributed by atoms with van der Waals surface area (Å²) in [6.45, 7) is 7.66. The first-order valence-electron chi connectivity index (χ1n) is 6.34. The van der Waals surface area contributed by atoms with Crippen molar-refractivity contribution >= 4 is 7.82 Å². The van der Waals surface area contributed by atoms with Crippen LogP contribution in [-0.4, -0.2) is 64.7 Å². The Morgan fingerprint density at radius 3 is 1.85 bits per heavy atom. The zero-order chi connectivity index (χ0) is 16.2. The van der Waals surface area contributed by atoms with Crippen LogP contribution < -0.4 is 0 Å². The highest BCUT2D eigenvalue weighted by Gasteiger charge is 2.10. The highest BCUT2D eigenvalue weighted by atomic mass is 31.2. The molecule has 0 saturated carbocycles. The molecule has 3 unspecified atom stereocenters. The monoisotopic (exact) mass is 318 g/mol. The lowest BCUT2D eigenvalue weighted by Crippen LogP contribution is -2.24. The lowest BCUT2D eigenvalue weighted by atomic mass is 10.4. The molecule has 124 valence electrons. The third kappa shape index (κ3) is 20.3. The first-order chi connectivity index (χ1) is 9.12. The molecular weight excluding hydrogens is 291 g/mol. The summed E-state index contributed by atoms with van der Waals surface area (Å²) in [7, 11) is -4.17. The van der Waals surface area contributed by atoms with Crippen molar-refractivity contribution in [3.8, 4) is 0 Å². The van der Waals surface area contributed by atoms with Gasteiger partial charge in [0, 0.05) is 0 Å². The maximum atomic E-state index is 9.70. The van der Waals surface area contributed by atoms with Gasteiger partial charge in [0.05, 0.1) is 44.7 Å². The molecule has 0 aliphatic heterocycles. The number of hydrogen-bond acceptors (Lipinski definition) is 6. The predicted molar refractivity (Wildman–Crippen MR) is 73.3 cm³/mol. The topological polar surface area (TPSA) is 126 Å². The minimum Gasteiger partial charge on any atom is -0.394 e. The number of phosphoric acid groups is 1. The van der Waals surface area contributed by atoms with E-state index in [1.165, 1.54) is 6.92 Å². The summed E-state index contributed by atoms with van der Waals surface area (Å²) in [4.78, 5) is 15.8. The van der Waals surface area contributed by atoms with Gasteiger partial charge in [-0.15, -0.1) is 0 Å². The fourth-order valence-electron chi connectivity index (χ4n) is 0.872. The van der Waals surface area contributed by atoms with Gasteiger partial charge in [-0.05, 0) is 27.7 Å². The van der Waals surface area contributed by atoms with Crippen LogP contribution in [0.5, 0.6) is 0 Å². The van der Waals surface area contributed by atoms with Crippen molar-refractivity contribution in [2.75, 3.05) is 26.4 Å². The highest BCUT2D eigenvalue weighted by molar-refractivity contribution is 7.46. The van der Waals surface area contributed by atoms with E-state index in [2.05, 4.69) is 4.52 Å². The second-order valence-electron chi connectivity index (χ2n) is 4.23. The van der Waals surface area contributed by atoms with Crippen LogP contribution in [0.3, 0.4) is 0 Å². The minimum atomic E-state index is -4.17. The van der Waals surface area contributed by atoms with Gasteiger partial charge in [-0.3, -0.25) is 4.52 Å². The first kappa shape index (κ1) is 22.2. The van der Waals surface area contributed by atoms with Crippen molar-refractivity contribution in [1.82, 2.24) is 0 Å². The Balaban J connectivity index is 0. The SMILES string of the molecule is CC(O)COC(C)COC(C)CO.CCOP(=O)(O)O. The summed E-state index contributed by atoms with van der Waals surface area (Å²) in [5, 5.41) is 17.6. The molecule has 4 N–H and O–H groups in total. The van der Waals surface area contributed by atoms with E-state index in [0.29, 0.717) is 13.2 Å². The average Bonchev–Trinajstić information content (AvgIpc) is 2.32. The van der Waals surface area contributed by atoms with Crippen LogP contribution in [0, 0.1) is 0 Å². The van der Waals surface area contributed by atoms with Crippen molar-refractivity contribution < 1.29 is 38.6 Å². The molecule has 0 aromatic carbocycles. The molecular formula is C11H27O8P. The highest BCUT2D eigenvalue weighted by Crippen LogP contribution is 2.34. The van der Waals surface area contributed by atoms with E-state index in [1.807, 2.05) is 6.92 Å². The van der Waals surface area contributed by atoms with Crippen LogP contribution >= 0.6 is 7.82 Å². The number of hydrogen-bond donors (Lipinski definition) is 4. The molecule has 0 rings (SSSR count). The number of aliphatic hydroxyl groups excluding tert-OH is 2. The summed E-state index contributed by atoms with van der Waals surface area (Å²) in [6.07, 6.45) is -0.654. The van der Waals surface area contributed by atoms with Crippen molar-refractivity contribution in [3.05, 3.63) is 0 Å². The number of rotatable bonds is 9. The number of ether oxygens (including phenoxy) is 2. The smallest absolute Gasteiger partial charge is 0.394 e. The molecule has 0 aromatic heterocycles. The second-order valence-corrected chi connectivity index (χ2v) is 5.47. The van der Waals surface area contributed by atoms with Crippen LogP contribution in [0.1, 0.15) is 27.7 Å². The Labute approximate surface area is 119 Å². The Morgan fingerprint density at radius 2 is 1.55 bits per heavy atom. The standard InChI is InChI=1S/C9H20O4.C2H7O4P/c1-7(11)5-12-9(3)6-13-8(2)4-10;1-2-6-7(3,4)5/h7-11H,4-6H2,1-3H3;2H2,1H3,(H2,3,4,5). The normalized spacial score (nSPS) is 16.0. The van der Waals surface area contributed by atoms with E-state index in [-0.39, 0.29) is 25.4 Å². The number of phosphoric ester groups is 1. The van der Waals surface area contributed by atoms with Gasteiger partial charge >= 0.3 is 7.82 Å². The quantitative estimate of drug-likeness (QED) is 0.447. The van der Waals surface area contributed by atoms with E-state index in [4.69, 9.17) is 29.5 Å². The lowest BCUT2D eigenvalue weighted by molar-refractivity contribution is -0.0620. The van der Waals surface area contributed by atoms with Gasteiger partial charge in [-0.25, -0.2) is 4.57 Å². The molecule has 0 heterocycles. The van der Waals surface area contributed by atoms with Gasteiger partial charge in [-0.2, -0.15) is 0 Å². The molecule has 0 spiro atoms. The third-order valence-corrected chi connectivity index (χ3v) is 2.39. The molecule has 0 aliphatic carbocycles. The molecule has 20 heavy (non-hydrogen) atoms. The Kier molecular flexibility index (Phi) is 14.1. The van der Waals surface area contributed by atoms with E-state index in [1.54, 1.807) is 13.8 Å². The lowest BCUT2D eigenvalue weighted by Gasteiger charge is -2.16. The first-order valence-corrected chi connectivity index (χ1v) is 7.87. The van der Waals surface area contributed by atoms with Gasteiger partial charge in [0.1, 0.15) is 0 Å². The fourth-order valence-corrected chi connectivity index (χ4v) is 1.21. The summed E-state index contributed by atoms with van der Waals surface area (Å²) in [5.74, 6) is 0. The molecule has 3 atom stereocenters. The summed E-state index contributed by atoms with van der Waals surface area (Å²) >= 11 is 0. The molecule has 0 saturated heterocycles. The van der Waals surface area contributed by atoms with E-state index >= 15 is 0 Å². The molecule has 0 bridgehead atoms. The molecule has 9 heteroatoms. The van der Waals surface area contributed by atoms with Crippen LogP contribution in [-0.2, 0) is 18.6 Å². The van der Waals surface area contributed by atoms with Gasteiger partial charge < -0.3 is 29.5 Å². The fraction of sp³-hybridized carbons (Fsp3) is 1.00. The molecule has 0 fully saturated rings. The second kappa shape index (κ2) is 12.7. The molecule has 0 radical (unpaired) electrons. The zero-order valence-corrected chi connectivity index (χ0v) is 13.3. The maximum absolute atomic E-state index is 9.70. The summed E-state index contributed by atoms with van der Waals surface area (Å²) in [6, 6.07) is 0. The third-order valence-electron chi connectivity index (χ3n) is 1.79.